The number of aryl methyl sites for hydroxylation is 1. The molecule has 1 atom stereocenters. The highest BCUT2D eigenvalue weighted by Gasteiger charge is 2.09. The Kier molecular flexibility index (Phi) is 5.65. The van der Waals surface area contributed by atoms with Crippen LogP contribution in [0.5, 0.6) is 0 Å². The van der Waals surface area contributed by atoms with E-state index in [9.17, 15) is 9.59 Å². The first-order chi connectivity index (χ1) is 8.49. The number of amides is 2. The molecule has 2 amide bonds. The van der Waals surface area contributed by atoms with E-state index in [2.05, 4.69) is 10.6 Å². The molecular formula is C13H17ClN2O2. The number of rotatable bonds is 5. The summed E-state index contributed by atoms with van der Waals surface area (Å²) in [7, 11) is 0. The molecule has 0 saturated carbocycles. The molecule has 18 heavy (non-hydrogen) atoms. The quantitative estimate of drug-likeness (QED) is 0.803. The Labute approximate surface area is 112 Å². The minimum atomic E-state index is -0.579. The lowest BCUT2D eigenvalue weighted by molar-refractivity contribution is -0.120. The Bertz CT molecular complexity index is 433. The first-order valence-electron chi connectivity index (χ1n) is 5.77. The van der Waals surface area contributed by atoms with Gasteiger partial charge in [-0.3, -0.25) is 9.59 Å². The number of hydrogen-bond acceptors (Lipinski definition) is 2. The Hall–Kier alpha value is -1.55. The third-order valence-electron chi connectivity index (χ3n) is 2.31. The van der Waals surface area contributed by atoms with E-state index in [0.29, 0.717) is 0 Å². The van der Waals surface area contributed by atoms with Gasteiger partial charge in [0.05, 0.1) is 0 Å². The molecule has 1 aromatic rings. The maximum absolute atomic E-state index is 11.6. The summed E-state index contributed by atoms with van der Waals surface area (Å²) in [5.41, 5.74) is 1.84. The molecule has 0 saturated heterocycles. The average Bonchev–Trinajstić information content (AvgIpc) is 2.28. The highest BCUT2D eigenvalue weighted by molar-refractivity contribution is 6.30. The predicted molar refractivity (Wildman–Crippen MR) is 72.8 cm³/mol. The lowest BCUT2D eigenvalue weighted by Gasteiger charge is -2.08. The summed E-state index contributed by atoms with van der Waals surface area (Å²) < 4.78 is 0. The lowest BCUT2D eigenvalue weighted by atomic mass is 10.2. The summed E-state index contributed by atoms with van der Waals surface area (Å²) >= 11 is 5.58. The molecule has 0 spiro atoms. The first-order valence-corrected chi connectivity index (χ1v) is 6.21. The summed E-state index contributed by atoms with van der Waals surface area (Å²) in [5, 5.41) is 4.76. The summed E-state index contributed by atoms with van der Waals surface area (Å²) in [5.74, 6) is -0.400. The smallest absolute Gasteiger partial charge is 0.237 e. The van der Waals surface area contributed by atoms with Crippen LogP contribution in [-0.2, 0) is 9.59 Å². The highest BCUT2D eigenvalue weighted by Crippen LogP contribution is 2.09. The molecule has 1 aromatic carbocycles. The largest absolute Gasteiger partial charge is 0.354 e. The van der Waals surface area contributed by atoms with Gasteiger partial charge in [0.1, 0.15) is 5.38 Å². The van der Waals surface area contributed by atoms with Crippen LogP contribution >= 0.6 is 11.6 Å². The molecule has 0 heterocycles. The van der Waals surface area contributed by atoms with Gasteiger partial charge in [-0.05, 0) is 31.5 Å². The standard InChI is InChI=1S/C13H17ClN2O2/c1-9-4-3-5-11(8-9)16-12(17)6-7-15-13(18)10(2)14/h3-5,8,10H,6-7H2,1-2H3,(H,15,18)(H,16,17)/t10-/m1/s1. The fourth-order valence-electron chi connectivity index (χ4n) is 1.39. The molecule has 98 valence electrons. The molecule has 1 rings (SSSR count). The molecule has 0 aliphatic heterocycles. The first kappa shape index (κ1) is 14.5. The highest BCUT2D eigenvalue weighted by atomic mass is 35.5. The van der Waals surface area contributed by atoms with Crippen LogP contribution in [0, 0.1) is 6.92 Å². The molecular weight excluding hydrogens is 252 g/mol. The van der Waals surface area contributed by atoms with Crippen LogP contribution in [0.15, 0.2) is 24.3 Å². The van der Waals surface area contributed by atoms with Crippen LogP contribution in [0.2, 0.25) is 0 Å². The SMILES string of the molecule is Cc1cccc(NC(=O)CCNC(=O)[C@@H](C)Cl)c1. The molecule has 0 unspecified atom stereocenters. The number of anilines is 1. The van der Waals surface area contributed by atoms with Gasteiger partial charge < -0.3 is 10.6 Å². The molecule has 0 bridgehead atoms. The summed E-state index contributed by atoms with van der Waals surface area (Å²) in [6, 6.07) is 7.54. The zero-order valence-corrected chi connectivity index (χ0v) is 11.3. The summed E-state index contributed by atoms with van der Waals surface area (Å²) in [4.78, 5) is 22.7. The van der Waals surface area contributed by atoms with E-state index in [-0.39, 0.29) is 24.8 Å². The molecule has 5 heteroatoms. The third-order valence-corrected chi connectivity index (χ3v) is 2.51. The van der Waals surface area contributed by atoms with Crippen LogP contribution < -0.4 is 10.6 Å². The van der Waals surface area contributed by atoms with Crippen molar-refractivity contribution in [1.29, 1.82) is 0 Å². The fraction of sp³-hybridized carbons (Fsp3) is 0.385. The van der Waals surface area contributed by atoms with Crippen molar-refractivity contribution in [3.63, 3.8) is 0 Å². The van der Waals surface area contributed by atoms with Gasteiger partial charge in [-0.2, -0.15) is 0 Å². The van der Waals surface area contributed by atoms with Gasteiger partial charge in [-0.1, -0.05) is 12.1 Å². The lowest BCUT2D eigenvalue weighted by Crippen LogP contribution is -2.32. The number of carbonyl (C=O) groups is 2. The second kappa shape index (κ2) is 7.01. The molecule has 0 aliphatic rings. The number of benzene rings is 1. The number of halogens is 1. The molecule has 2 N–H and O–H groups in total. The van der Waals surface area contributed by atoms with Gasteiger partial charge in [-0.15, -0.1) is 11.6 Å². The molecule has 0 aromatic heterocycles. The minimum Gasteiger partial charge on any atom is -0.354 e. The predicted octanol–water partition coefficient (Wildman–Crippen LogP) is 2.07. The monoisotopic (exact) mass is 268 g/mol. The number of nitrogens with one attached hydrogen (secondary N) is 2. The van der Waals surface area contributed by atoms with E-state index >= 15 is 0 Å². The van der Waals surface area contributed by atoms with Crippen molar-refractivity contribution in [2.45, 2.75) is 25.6 Å². The molecule has 0 fully saturated rings. The van der Waals surface area contributed by atoms with Gasteiger partial charge in [0.15, 0.2) is 0 Å². The van der Waals surface area contributed by atoms with Crippen molar-refractivity contribution in [2.75, 3.05) is 11.9 Å². The summed E-state index contributed by atoms with van der Waals surface area (Å²) in [6.45, 7) is 3.83. The van der Waals surface area contributed by atoms with Crippen LogP contribution in [0.4, 0.5) is 5.69 Å². The Morgan fingerprint density at radius 2 is 2.11 bits per heavy atom. The molecule has 0 radical (unpaired) electrons. The number of alkyl halides is 1. The zero-order valence-electron chi connectivity index (χ0n) is 10.5. The van der Waals surface area contributed by atoms with E-state index < -0.39 is 5.38 Å². The minimum absolute atomic E-state index is 0.136. The second-order valence-electron chi connectivity index (χ2n) is 4.07. The third kappa shape index (κ3) is 5.19. The van der Waals surface area contributed by atoms with Crippen LogP contribution in [0.1, 0.15) is 18.9 Å². The van der Waals surface area contributed by atoms with Crippen LogP contribution in [-0.4, -0.2) is 23.7 Å². The second-order valence-corrected chi connectivity index (χ2v) is 4.73. The van der Waals surface area contributed by atoms with Gasteiger partial charge >= 0.3 is 0 Å². The molecule has 0 aliphatic carbocycles. The summed E-state index contributed by atoms with van der Waals surface area (Å²) in [6.07, 6.45) is 0.225. The van der Waals surface area contributed by atoms with E-state index in [4.69, 9.17) is 11.6 Å². The van der Waals surface area contributed by atoms with Crippen molar-refractivity contribution < 1.29 is 9.59 Å². The zero-order chi connectivity index (χ0) is 13.5. The van der Waals surface area contributed by atoms with Gasteiger partial charge in [0.25, 0.3) is 0 Å². The Balaban J connectivity index is 2.32. The normalized spacial score (nSPS) is 11.7. The Morgan fingerprint density at radius 1 is 1.39 bits per heavy atom. The maximum Gasteiger partial charge on any atom is 0.237 e. The van der Waals surface area contributed by atoms with Gasteiger partial charge in [-0.25, -0.2) is 0 Å². The molecule has 4 nitrogen and oxygen atoms in total. The van der Waals surface area contributed by atoms with Crippen molar-refractivity contribution in [3.05, 3.63) is 29.8 Å². The van der Waals surface area contributed by atoms with E-state index in [1.807, 2.05) is 31.2 Å². The number of carbonyl (C=O) groups excluding carboxylic acids is 2. The van der Waals surface area contributed by atoms with Gasteiger partial charge in [0.2, 0.25) is 11.8 Å². The average molecular weight is 269 g/mol. The van der Waals surface area contributed by atoms with Crippen molar-refractivity contribution >= 4 is 29.1 Å². The van der Waals surface area contributed by atoms with Gasteiger partial charge in [0, 0.05) is 18.7 Å². The van der Waals surface area contributed by atoms with E-state index in [1.54, 1.807) is 6.92 Å². The van der Waals surface area contributed by atoms with Crippen molar-refractivity contribution in [1.82, 2.24) is 5.32 Å². The topological polar surface area (TPSA) is 58.2 Å². The Morgan fingerprint density at radius 3 is 2.72 bits per heavy atom. The fourth-order valence-corrected chi connectivity index (χ4v) is 1.46. The van der Waals surface area contributed by atoms with E-state index in [0.717, 1.165) is 11.3 Å². The van der Waals surface area contributed by atoms with Crippen LogP contribution in [0.25, 0.3) is 0 Å². The maximum atomic E-state index is 11.6. The van der Waals surface area contributed by atoms with E-state index in [1.165, 1.54) is 0 Å². The van der Waals surface area contributed by atoms with Crippen molar-refractivity contribution in [2.24, 2.45) is 0 Å². The van der Waals surface area contributed by atoms with Crippen molar-refractivity contribution in [3.8, 4) is 0 Å². The number of hydrogen-bond donors (Lipinski definition) is 2. The van der Waals surface area contributed by atoms with Crippen LogP contribution in [0.3, 0.4) is 0 Å².